The zero-order chi connectivity index (χ0) is 15.6. The summed E-state index contributed by atoms with van der Waals surface area (Å²) in [6, 6.07) is 3.77. The van der Waals surface area contributed by atoms with Crippen LogP contribution in [0.15, 0.2) is 16.9 Å². The molecule has 5 nitrogen and oxygen atoms in total. The monoisotopic (exact) mass is 306 g/mol. The van der Waals surface area contributed by atoms with E-state index in [9.17, 15) is 4.79 Å². The molecule has 0 unspecified atom stereocenters. The average molecular weight is 306 g/mol. The lowest BCUT2D eigenvalue weighted by atomic mass is 9.91. The molecular formula is C15H22N4OS. The molecule has 0 atom stereocenters. The Morgan fingerprint density at radius 3 is 2.62 bits per heavy atom. The third-order valence-corrected chi connectivity index (χ3v) is 3.76. The summed E-state index contributed by atoms with van der Waals surface area (Å²) in [4.78, 5) is 15.3. The second kappa shape index (κ2) is 5.97. The maximum Gasteiger partial charge on any atom is 0.259 e. The van der Waals surface area contributed by atoms with E-state index in [1.165, 1.54) is 0 Å². The predicted molar refractivity (Wildman–Crippen MR) is 87.1 cm³/mol. The summed E-state index contributed by atoms with van der Waals surface area (Å²) in [6.45, 7) is 9.08. The van der Waals surface area contributed by atoms with Crippen LogP contribution in [-0.4, -0.2) is 19.7 Å². The van der Waals surface area contributed by atoms with Crippen molar-refractivity contribution in [2.75, 3.05) is 0 Å². The molecular weight excluding hydrogens is 284 g/mol. The molecule has 0 aliphatic rings. The molecule has 2 rings (SSSR count). The molecule has 2 aromatic heterocycles. The van der Waals surface area contributed by atoms with Crippen molar-refractivity contribution >= 4 is 12.2 Å². The maximum absolute atomic E-state index is 12.4. The first-order chi connectivity index (χ1) is 9.84. The molecule has 0 fully saturated rings. The molecule has 0 amide bonds. The van der Waals surface area contributed by atoms with E-state index in [2.05, 4.69) is 42.9 Å². The highest BCUT2D eigenvalue weighted by Gasteiger charge is 2.18. The minimum atomic E-state index is -0.130. The van der Waals surface area contributed by atoms with Gasteiger partial charge in [-0.2, -0.15) is 5.10 Å². The number of nitrogens with one attached hydrogen (secondary N) is 2. The van der Waals surface area contributed by atoms with Gasteiger partial charge in [0.15, 0.2) is 10.6 Å². The lowest BCUT2D eigenvalue weighted by Gasteiger charge is -2.18. The van der Waals surface area contributed by atoms with Crippen molar-refractivity contribution in [3.05, 3.63) is 33.0 Å². The largest absolute Gasteiger partial charge is 0.325 e. The van der Waals surface area contributed by atoms with Crippen molar-refractivity contribution in [3.63, 3.8) is 0 Å². The average Bonchev–Trinajstić information content (AvgIpc) is 2.76. The Balaban J connectivity index is 2.49. The Kier molecular flexibility index (Phi) is 4.46. The van der Waals surface area contributed by atoms with Gasteiger partial charge >= 0.3 is 0 Å². The van der Waals surface area contributed by atoms with Crippen LogP contribution in [0, 0.1) is 4.77 Å². The molecule has 0 aliphatic heterocycles. The van der Waals surface area contributed by atoms with E-state index in [-0.39, 0.29) is 11.0 Å². The molecule has 0 spiro atoms. The molecule has 2 aromatic rings. The van der Waals surface area contributed by atoms with Crippen molar-refractivity contribution in [1.29, 1.82) is 0 Å². The third kappa shape index (κ3) is 3.32. The van der Waals surface area contributed by atoms with Crippen molar-refractivity contribution in [2.24, 2.45) is 0 Å². The molecule has 6 heteroatoms. The fourth-order valence-corrected chi connectivity index (χ4v) is 2.36. The van der Waals surface area contributed by atoms with Crippen LogP contribution in [0.3, 0.4) is 0 Å². The molecule has 21 heavy (non-hydrogen) atoms. The van der Waals surface area contributed by atoms with Crippen LogP contribution in [0.1, 0.15) is 46.2 Å². The lowest BCUT2D eigenvalue weighted by Crippen LogP contribution is -2.21. The van der Waals surface area contributed by atoms with Crippen LogP contribution in [0.25, 0.3) is 11.4 Å². The minimum absolute atomic E-state index is 0.0926. The molecule has 0 aromatic carbocycles. The van der Waals surface area contributed by atoms with E-state index in [1.807, 2.05) is 16.7 Å². The van der Waals surface area contributed by atoms with Crippen molar-refractivity contribution < 1.29 is 0 Å². The number of H-pyrrole nitrogens is 2. The van der Waals surface area contributed by atoms with Gasteiger partial charge in [0.2, 0.25) is 0 Å². The standard InChI is InChI=1S/C15H22N4OS/c1-5-6-9-19-12(17-18-14(19)21)10-7-8-11(15(2,3)4)16-13(10)20/h7-8H,5-6,9H2,1-4H3,(H,16,20)(H,18,21). The van der Waals surface area contributed by atoms with Gasteiger partial charge in [0.05, 0.1) is 5.56 Å². The minimum Gasteiger partial charge on any atom is -0.325 e. The van der Waals surface area contributed by atoms with Gasteiger partial charge in [-0.05, 0) is 30.8 Å². The molecule has 0 bridgehead atoms. The van der Waals surface area contributed by atoms with Gasteiger partial charge in [0, 0.05) is 17.7 Å². The smallest absolute Gasteiger partial charge is 0.259 e. The van der Waals surface area contributed by atoms with E-state index >= 15 is 0 Å². The Morgan fingerprint density at radius 2 is 2.05 bits per heavy atom. The number of pyridine rings is 1. The quantitative estimate of drug-likeness (QED) is 0.851. The zero-order valence-electron chi connectivity index (χ0n) is 13.0. The number of hydrogen-bond donors (Lipinski definition) is 2. The number of aromatic nitrogens is 4. The second-order valence-electron chi connectivity index (χ2n) is 6.22. The topological polar surface area (TPSA) is 66.5 Å². The Bertz CT molecular complexity index is 733. The molecule has 0 saturated carbocycles. The van der Waals surface area contributed by atoms with Gasteiger partial charge < -0.3 is 9.55 Å². The maximum atomic E-state index is 12.4. The lowest BCUT2D eigenvalue weighted by molar-refractivity contribution is 0.567. The van der Waals surface area contributed by atoms with E-state index in [0.717, 1.165) is 25.1 Å². The highest BCUT2D eigenvalue weighted by atomic mass is 32.1. The summed E-state index contributed by atoms with van der Waals surface area (Å²) in [5, 5.41) is 7.00. The summed E-state index contributed by atoms with van der Waals surface area (Å²) in [6.07, 6.45) is 2.06. The number of hydrogen-bond acceptors (Lipinski definition) is 3. The number of aromatic amines is 2. The zero-order valence-corrected chi connectivity index (χ0v) is 13.8. The summed E-state index contributed by atoms with van der Waals surface area (Å²) >= 11 is 5.25. The predicted octanol–water partition coefficient (Wildman–Crippen LogP) is 3.39. The summed E-state index contributed by atoms with van der Waals surface area (Å²) in [7, 11) is 0. The van der Waals surface area contributed by atoms with Crippen LogP contribution in [0.5, 0.6) is 0 Å². The highest BCUT2D eigenvalue weighted by Crippen LogP contribution is 2.21. The molecule has 0 saturated heterocycles. The first kappa shape index (κ1) is 15.7. The van der Waals surface area contributed by atoms with Gasteiger partial charge in [-0.25, -0.2) is 0 Å². The third-order valence-electron chi connectivity index (χ3n) is 3.45. The fourth-order valence-electron chi connectivity index (χ4n) is 2.13. The molecule has 2 N–H and O–H groups in total. The number of unbranched alkanes of at least 4 members (excludes halogenated alkanes) is 1. The summed E-state index contributed by atoms with van der Waals surface area (Å²) < 4.78 is 2.44. The van der Waals surface area contributed by atoms with E-state index in [4.69, 9.17) is 12.2 Å². The Hall–Kier alpha value is -1.69. The van der Waals surface area contributed by atoms with Crippen molar-refractivity contribution in [2.45, 2.75) is 52.5 Å². The second-order valence-corrected chi connectivity index (χ2v) is 6.61. The van der Waals surface area contributed by atoms with E-state index < -0.39 is 0 Å². The van der Waals surface area contributed by atoms with Gasteiger partial charge in [-0.15, -0.1) is 0 Å². The SMILES string of the molecule is CCCCn1c(-c2ccc(C(C)(C)C)[nH]c2=O)n[nH]c1=S. The Morgan fingerprint density at radius 1 is 1.33 bits per heavy atom. The summed E-state index contributed by atoms with van der Waals surface area (Å²) in [5.74, 6) is 0.607. The van der Waals surface area contributed by atoms with Crippen LogP contribution < -0.4 is 5.56 Å². The van der Waals surface area contributed by atoms with Crippen molar-refractivity contribution in [1.82, 2.24) is 19.7 Å². The van der Waals surface area contributed by atoms with Crippen LogP contribution >= 0.6 is 12.2 Å². The van der Waals surface area contributed by atoms with Crippen LogP contribution in [0.4, 0.5) is 0 Å². The normalized spacial score (nSPS) is 11.8. The van der Waals surface area contributed by atoms with Gasteiger partial charge in [-0.1, -0.05) is 34.1 Å². The molecule has 0 aliphatic carbocycles. The van der Waals surface area contributed by atoms with Gasteiger partial charge in [-0.3, -0.25) is 9.89 Å². The van der Waals surface area contributed by atoms with E-state index in [1.54, 1.807) is 0 Å². The first-order valence-electron chi connectivity index (χ1n) is 7.24. The number of nitrogens with zero attached hydrogens (tertiary/aromatic N) is 2. The first-order valence-corrected chi connectivity index (χ1v) is 7.64. The van der Waals surface area contributed by atoms with Crippen LogP contribution in [0.2, 0.25) is 0 Å². The van der Waals surface area contributed by atoms with Gasteiger partial charge in [0.25, 0.3) is 5.56 Å². The molecule has 0 radical (unpaired) electrons. The molecule has 2 heterocycles. The summed E-state index contributed by atoms with van der Waals surface area (Å²) in [5.41, 5.74) is 1.23. The fraction of sp³-hybridized carbons (Fsp3) is 0.533. The van der Waals surface area contributed by atoms with Gasteiger partial charge in [0.1, 0.15) is 0 Å². The number of rotatable bonds is 4. The highest BCUT2D eigenvalue weighted by molar-refractivity contribution is 7.71. The van der Waals surface area contributed by atoms with Crippen molar-refractivity contribution in [3.8, 4) is 11.4 Å². The molecule has 114 valence electrons. The Labute approximate surface area is 129 Å². The van der Waals surface area contributed by atoms with E-state index in [0.29, 0.717) is 16.2 Å². The van der Waals surface area contributed by atoms with Crippen LogP contribution in [-0.2, 0) is 12.0 Å².